The first-order valence-corrected chi connectivity index (χ1v) is 6.82. The number of hydrogen-bond donors (Lipinski definition) is 0. The van der Waals surface area contributed by atoms with E-state index in [-0.39, 0.29) is 17.2 Å². The van der Waals surface area contributed by atoms with Crippen LogP contribution in [0.2, 0.25) is 0 Å². The highest BCUT2D eigenvalue weighted by Crippen LogP contribution is 2.35. The summed E-state index contributed by atoms with van der Waals surface area (Å²) >= 11 is 0. The summed E-state index contributed by atoms with van der Waals surface area (Å²) in [5.74, 6) is 0.155. The Hall–Kier alpha value is -3.01. The topological polar surface area (TPSA) is 96.0 Å². The Morgan fingerprint density at radius 2 is 2.32 bits per heavy atom. The highest BCUT2D eigenvalue weighted by molar-refractivity contribution is 5.66. The number of nitrogens with zero attached hydrogens (tertiary/aromatic N) is 5. The van der Waals surface area contributed by atoms with E-state index >= 15 is 0 Å². The quantitative estimate of drug-likeness (QED) is 0.623. The van der Waals surface area contributed by atoms with Crippen LogP contribution in [-0.2, 0) is 6.54 Å². The lowest BCUT2D eigenvalue weighted by molar-refractivity contribution is -0.384. The Morgan fingerprint density at radius 1 is 1.50 bits per heavy atom. The van der Waals surface area contributed by atoms with Crippen molar-refractivity contribution in [1.29, 1.82) is 5.26 Å². The second-order valence-corrected chi connectivity index (χ2v) is 5.29. The Bertz CT molecular complexity index is 784. The number of aromatic nitrogens is 2. The average Bonchev–Trinajstić information content (AvgIpc) is 2.54. The first kappa shape index (κ1) is 13.9. The first-order chi connectivity index (χ1) is 10.6. The minimum absolute atomic E-state index is 0.0495. The summed E-state index contributed by atoms with van der Waals surface area (Å²) in [5, 5.41) is 20.2. The summed E-state index contributed by atoms with van der Waals surface area (Å²) in [7, 11) is 0. The number of nitriles is 1. The molecule has 1 unspecified atom stereocenters. The normalized spacial score (nSPS) is 16.7. The van der Waals surface area contributed by atoms with Gasteiger partial charge in [0.05, 0.1) is 22.2 Å². The van der Waals surface area contributed by atoms with Crippen LogP contribution in [0.5, 0.6) is 0 Å². The lowest BCUT2D eigenvalue weighted by Crippen LogP contribution is -2.33. The van der Waals surface area contributed by atoms with Gasteiger partial charge in [0, 0.05) is 36.8 Å². The molecule has 1 atom stereocenters. The summed E-state index contributed by atoms with van der Waals surface area (Å²) in [6, 6.07) is 6.49. The number of nitro groups is 1. The van der Waals surface area contributed by atoms with Gasteiger partial charge in [0.15, 0.2) is 0 Å². The molecule has 2 aromatic rings. The van der Waals surface area contributed by atoms with Crippen LogP contribution < -0.4 is 4.90 Å². The van der Waals surface area contributed by atoms with Gasteiger partial charge in [-0.15, -0.1) is 0 Å². The molecule has 0 N–H and O–H groups in total. The first-order valence-electron chi connectivity index (χ1n) is 6.82. The zero-order valence-corrected chi connectivity index (χ0v) is 11.9. The molecule has 3 rings (SSSR count). The van der Waals surface area contributed by atoms with Crippen LogP contribution in [0.4, 0.5) is 11.4 Å². The summed E-state index contributed by atoms with van der Waals surface area (Å²) in [6.07, 6.45) is 3.27. The van der Waals surface area contributed by atoms with E-state index in [9.17, 15) is 10.1 Å². The predicted molar refractivity (Wildman–Crippen MR) is 79.3 cm³/mol. The van der Waals surface area contributed by atoms with Gasteiger partial charge >= 0.3 is 0 Å². The van der Waals surface area contributed by atoms with Gasteiger partial charge in [0.25, 0.3) is 5.69 Å². The molecule has 0 radical (unpaired) electrons. The van der Waals surface area contributed by atoms with Crippen molar-refractivity contribution in [1.82, 2.24) is 9.97 Å². The van der Waals surface area contributed by atoms with Crippen molar-refractivity contribution in [3.8, 4) is 6.07 Å². The van der Waals surface area contributed by atoms with Crippen molar-refractivity contribution < 1.29 is 4.92 Å². The van der Waals surface area contributed by atoms with E-state index in [1.165, 1.54) is 12.4 Å². The van der Waals surface area contributed by atoms with Gasteiger partial charge in [-0.3, -0.25) is 10.1 Å². The number of nitro benzene ring substituents is 1. The van der Waals surface area contributed by atoms with Crippen LogP contribution in [-0.4, -0.2) is 21.4 Å². The standard InChI is InChI=1S/C15H13N5O2/c1-10-7-19(8-12-6-17-9-18-15(10)12)13-3-2-11(5-16)4-14(13)20(21)22/h2-4,6,9-10H,7-8H2,1H3. The molecule has 0 aliphatic carbocycles. The zero-order chi connectivity index (χ0) is 15.7. The van der Waals surface area contributed by atoms with Gasteiger partial charge in [-0.2, -0.15) is 5.26 Å². The number of fused-ring (bicyclic) bond motifs is 1. The van der Waals surface area contributed by atoms with Crippen molar-refractivity contribution in [3.63, 3.8) is 0 Å². The summed E-state index contributed by atoms with van der Waals surface area (Å²) in [6.45, 7) is 3.19. The van der Waals surface area contributed by atoms with Crippen LogP contribution in [0.25, 0.3) is 0 Å². The number of rotatable bonds is 2. The third-order valence-corrected chi connectivity index (χ3v) is 3.79. The van der Waals surface area contributed by atoms with E-state index in [1.54, 1.807) is 18.3 Å². The molecule has 0 fully saturated rings. The molecule has 110 valence electrons. The molecular weight excluding hydrogens is 282 g/mol. The molecule has 0 amide bonds. The molecule has 22 heavy (non-hydrogen) atoms. The average molecular weight is 295 g/mol. The summed E-state index contributed by atoms with van der Waals surface area (Å²) < 4.78 is 0. The van der Waals surface area contributed by atoms with E-state index in [2.05, 4.69) is 9.97 Å². The molecule has 7 heteroatoms. The Labute approximate surface area is 127 Å². The van der Waals surface area contributed by atoms with Crippen molar-refractivity contribution in [2.75, 3.05) is 11.4 Å². The Morgan fingerprint density at radius 3 is 3.05 bits per heavy atom. The molecule has 2 heterocycles. The summed E-state index contributed by atoms with van der Waals surface area (Å²) in [4.78, 5) is 21.1. The zero-order valence-electron chi connectivity index (χ0n) is 11.9. The fourth-order valence-corrected chi connectivity index (χ4v) is 2.81. The van der Waals surface area contributed by atoms with E-state index in [4.69, 9.17) is 5.26 Å². The lowest BCUT2D eigenvalue weighted by atomic mass is 9.96. The Balaban J connectivity index is 2.03. The van der Waals surface area contributed by atoms with Gasteiger partial charge in [-0.05, 0) is 12.1 Å². The molecule has 7 nitrogen and oxygen atoms in total. The molecule has 0 saturated heterocycles. The van der Waals surface area contributed by atoms with Crippen molar-refractivity contribution in [2.24, 2.45) is 0 Å². The fourth-order valence-electron chi connectivity index (χ4n) is 2.81. The van der Waals surface area contributed by atoms with Crippen LogP contribution in [0.1, 0.15) is 29.7 Å². The van der Waals surface area contributed by atoms with Crippen LogP contribution in [0, 0.1) is 21.4 Å². The van der Waals surface area contributed by atoms with E-state index < -0.39 is 4.92 Å². The van der Waals surface area contributed by atoms with Gasteiger partial charge in [-0.1, -0.05) is 6.92 Å². The van der Waals surface area contributed by atoms with Crippen LogP contribution in [0.15, 0.2) is 30.7 Å². The van der Waals surface area contributed by atoms with E-state index in [1.807, 2.05) is 17.9 Å². The predicted octanol–water partition coefficient (Wildman–Crippen LogP) is 2.38. The fraction of sp³-hybridized carbons (Fsp3) is 0.267. The molecule has 0 bridgehead atoms. The van der Waals surface area contributed by atoms with Gasteiger partial charge < -0.3 is 4.90 Å². The number of hydrogen-bond acceptors (Lipinski definition) is 6. The second-order valence-electron chi connectivity index (χ2n) is 5.29. The molecular formula is C15H13N5O2. The van der Waals surface area contributed by atoms with E-state index in [0.717, 1.165) is 11.3 Å². The third kappa shape index (κ3) is 2.35. The molecule has 1 aliphatic heterocycles. The van der Waals surface area contributed by atoms with Gasteiger partial charge in [-0.25, -0.2) is 9.97 Å². The maximum absolute atomic E-state index is 11.3. The SMILES string of the molecule is CC1CN(c2ccc(C#N)cc2[N+](=O)[O-])Cc2cncnc21. The van der Waals surface area contributed by atoms with Crippen molar-refractivity contribution in [3.05, 3.63) is 57.7 Å². The molecule has 1 aromatic heterocycles. The highest BCUT2D eigenvalue weighted by atomic mass is 16.6. The minimum atomic E-state index is -0.447. The number of anilines is 1. The second kappa shape index (κ2) is 5.41. The summed E-state index contributed by atoms with van der Waals surface area (Å²) in [5.41, 5.74) is 2.71. The smallest absolute Gasteiger partial charge is 0.293 e. The highest BCUT2D eigenvalue weighted by Gasteiger charge is 2.28. The van der Waals surface area contributed by atoms with Crippen molar-refractivity contribution >= 4 is 11.4 Å². The van der Waals surface area contributed by atoms with Gasteiger partial charge in [0.2, 0.25) is 0 Å². The number of benzene rings is 1. The monoisotopic (exact) mass is 295 g/mol. The van der Waals surface area contributed by atoms with Crippen LogP contribution in [0.3, 0.4) is 0 Å². The van der Waals surface area contributed by atoms with Crippen molar-refractivity contribution in [2.45, 2.75) is 19.4 Å². The lowest BCUT2D eigenvalue weighted by Gasteiger charge is -2.33. The molecule has 1 aromatic carbocycles. The molecule has 0 spiro atoms. The van der Waals surface area contributed by atoms with Crippen LogP contribution >= 0.6 is 0 Å². The minimum Gasteiger partial charge on any atom is -0.361 e. The molecule has 0 saturated carbocycles. The van der Waals surface area contributed by atoms with Gasteiger partial charge in [0.1, 0.15) is 12.0 Å². The van der Waals surface area contributed by atoms with E-state index in [0.29, 0.717) is 18.8 Å². The Kier molecular flexibility index (Phi) is 3.43. The maximum atomic E-state index is 11.3. The maximum Gasteiger partial charge on any atom is 0.293 e. The third-order valence-electron chi connectivity index (χ3n) is 3.79. The molecule has 1 aliphatic rings. The largest absolute Gasteiger partial charge is 0.361 e.